The van der Waals surface area contributed by atoms with Crippen LogP contribution in [-0.2, 0) is 4.74 Å². The van der Waals surface area contributed by atoms with Gasteiger partial charge in [0.25, 0.3) is 0 Å². The van der Waals surface area contributed by atoms with Crippen LogP contribution in [0.4, 0.5) is 0 Å². The van der Waals surface area contributed by atoms with E-state index >= 15 is 0 Å². The standard InChI is InChI=1S/C5H11NO.HNO2/c1-6-2-4-7-5-3-6;2-1-3/h2-5H2,1H3;(H,2,3). The van der Waals surface area contributed by atoms with Crippen molar-refractivity contribution < 1.29 is 9.94 Å². The highest BCUT2D eigenvalue weighted by Gasteiger charge is 2.02. The van der Waals surface area contributed by atoms with E-state index in [1.54, 1.807) is 0 Å². The molecule has 0 aromatic carbocycles. The Labute approximate surface area is 59.5 Å². The summed E-state index contributed by atoms with van der Waals surface area (Å²) < 4.78 is 5.10. The smallest absolute Gasteiger partial charge is 0.152 e. The Morgan fingerprint density at radius 2 is 1.90 bits per heavy atom. The third-order valence-electron chi connectivity index (χ3n) is 1.23. The zero-order valence-corrected chi connectivity index (χ0v) is 5.99. The number of hydrogen-bond donors (Lipinski definition) is 1. The van der Waals surface area contributed by atoms with Crippen molar-refractivity contribution in [2.75, 3.05) is 33.4 Å². The van der Waals surface area contributed by atoms with E-state index in [0.29, 0.717) is 0 Å². The van der Waals surface area contributed by atoms with E-state index in [0.717, 1.165) is 26.3 Å². The molecule has 0 amide bonds. The first kappa shape index (κ1) is 9.32. The second kappa shape index (κ2) is 6.44. The molecular formula is C5H12N2O3. The fourth-order valence-corrected chi connectivity index (χ4v) is 0.655. The summed E-state index contributed by atoms with van der Waals surface area (Å²) in [4.78, 5) is 10.4. The van der Waals surface area contributed by atoms with E-state index in [9.17, 15) is 0 Å². The summed E-state index contributed by atoms with van der Waals surface area (Å²) in [5, 5.41) is 7.89. The summed E-state index contributed by atoms with van der Waals surface area (Å²) in [6.07, 6.45) is 0. The molecule has 0 aromatic heterocycles. The Morgan fingerprint density at radius 1 is 1.50 bits per heavy atom. The summed E-state index contributed by atoms with van der Waals surface area (Å²) in [5.74, 6) is 0. The highest BCUT2D eigenvalue weighted by Crippen LogP contribution is 1.89. The van der Waals surface area contributed by atoms with Crippen molar-refractivity contribution in [2.45, 2.75) is 0 Å². The lowest BCUT2D eigenvalue weighted by molar-refractivity contribution is 0.0503. The third kappa shape index (κ3) is 5.46. The van der Waals surface area contributed by atoms with Crippen molar-refractivity contribution in [1.29, 1.82) is 0 Å². The zero-order valence-electron chi connectivity index (χ0n) is 5.99. The molecule has 0 radical (unpaired) electrons. The van der Waals surface area contributed by atoms with Gasteiger partial charge in [-0.05, 0) is 7.05 Å². The number of likely N-dealkylation sites (N-methyl/N-ethyl adjacent to an activating group) is 1. The quantitative estimate of drug-likeness (QED) is 0.390. The Morgan fingerprint density at radius 3 is 2.10 bits per heavy atom. The summed E-state index contributed by atoms with van der Waals surface area (Å²) in [5.41, 5.74) is 0. The molecule has 1 N–H and O–H groups in total. The predicted octanol–water partition coefficient (Wildman–Crippen LogP) is 0.0904. The SMILES string of the molecule is CN1CCOCC1.O=NO. The largest absolute Gasteiger partial charge is 0.379 e. The van der Waals surface area contributed by atoms with Crippen molar-refractivity contribution in [1.82, 2.24) is 4.90 Å². The lowest BCUT2D eigenvalue weighted by Gasteiger charge is -2.21. The first-order chi connectivity index (χ1) is 4.81. The second-order valence-electron chi connectivity index (χ2n) is 2.00. The molecule has 0 atom stereocenters. The molecule has 60 valence electrons. The molecule has 1 rings (SSSR count). The van der Waals surface area contributed by atoms with Crippen molar-refractivity contribution >= 4 is 0 Å². The number of hydrogen-bond acceptors (Lipinski definition) is 4. The number of rotatable bonds is 0. The molecule has 1 fully saturated rings. The second-order valence-corrected chi connectivity index (χ2v) is 2.00. The minimum absolute atomic E-state index is 0.913. The van der Waals surface area contributed by atoms with Crippen LogP contribution in [0.3, 0.4) is 0 Å². The average Bonchev–Trinajstić information content (AvgIpc) is 1.91. The van der Waals surface area contributed by atoms with Crippen molar-refractivity contribution in [3.8, 4) is 0 Å². The monoisotopic (exact) mass is 148 g/mol. The van der Waals surface area contributed by atoms with Gasteiger partial charge in [-0.15, -0.1) is 4.91 Å². The van der Waals surface area contributed by atoms with Crippen LogP contribution >= 0.6 is 0 Å². The number of morpholine rings is 1. The Kier molecular flexibility index (Phi) is 6.00. The molecule has 1 aliphatic rings. The fourth-order valence-electron chi connectivity index (χ4n) is 0.655. The topological polar surface area (TPSA) is 62.1 Å². The molecular weight excluding hydrogens is 136 g/mol. The molecule has 1 saturated heterocycles. The van der Waals surface area contributed by atoms with Gasteiger partial charge in [0.1, 0.15) is 0 Å². The lowest BCUT2D eigenvalue weighted by Crippen LogP contribution is -2.32. The van der Waals surface area contributed by atoms with Crippen LogP contribution in [0.5, 0.6) is 0 Å². The zero-order chi connectivity index (χ0) is 7.82. The first-order valence-corrected chi connectivity index (χ1v) is 3.04. The summed E-state index contributed by atoms with van der Waals surface area (Å²) in [6.45, 7) is 4.02. The molecule has 1 aliphatic heterocycles. The van der Waals surface area contributed by atoms with Crippen LogP contribution in [0.15, 0.2) is 5.34 Å². The molecule has 0 aliphatic carbocycles. The highest BCUT2D eigenvalue weighted by atomic mass is 16.6. The van der Waals surface area contributed by atoms with Crippen LogP contribution in [-0.4, -0.2) is 43.5 Å². The summed E-state index contributed by atoms with van der Waals surface area (Å²) in [7, 11) is 2.11. The van der Waals surface area contributed by atoms with Gasteiger partial charge in [-0.25, -0.2) is 0 Å². The minimum Gasteiger partial charge on any atom is -0.379 e. The maximum absolute atomic E-state index is 8.11. The van der Waals surface area contributed by atoms with Crippen LogP contribution in [0, 0.1) is 4.91 Å². The summed E-state index contributed by atoms with van der Waals surface area (Å²) in [6, 6.07) is 0. The molecule has 10 heavy (non-hydrogen) atoms. The van der Waals surface area contributed by atoms with Gasteiger partial charge in [-0.3, -0.25) is 0 Å². The molecule has 0 saturated carbocycles. The van der Waals surface area contributed by atoms with Crippen molar-refractivity contribution in [3.05, 3.63) is 4.91 Å². The van der Waals surface area contributed by atoms with E-state index < -0.39 is 0 Å². The number of nitrogens with zero attached hydrogens (tertiary/aromatic N) is 2. The Bertz CT molecular complexity index is 83.0. The van der Waals surface area contributed by atoms with Crippen LogP contribution in [0.25, 0.3) is 0 Å². The molecule has 0 unspecified atom stereocenters. The van der Waals surface area contributed by atoms with Gasteiger partial charge in [-0.2, -0.15) is 0 Å². The predicted molar refractivity (Wildman–Crippen MR) is 35.9 cm³/mol. The van der Waals surface area contributed by atoms with Crippen molar-refractivity contribution in [2.24, 2.45) is 5.34 Å². The maximum atomic E-state index is 8.11. The van der Waals surface area contributed by atoms with Crippen molar-refractivity contribution in [3.63, 3.8) is 0 Å². The van der Waals surface area contributed by atoms with Crippen LogP contribution < -0.4 is 0 Å². The minimum atomic E-state index is 0.913. The van der Waals surface area contributed by atoms with E-state index in [-0.39, 0.29) is 0 Å². The highest BCUT2D eigenvalue weighted by molar-refractivity contribution is 4.53. The fraction of sp³-hybridized carbons (Fsp3) is 1.00. The normalized spacial score (nSPS) is 18.9. The molecule has 5 nitrogen and oxygen atoms in total. The van der Waals surface area contributed by atoms with Gasteiger partial charge < -0.3 is 14.8 Å². The van der Waals surface area contributed by atoms with E-state index in [2.05, 4.69) is 11.9 Å². The van der Waals surface area contributed by atoms with Gasteiger partial charge in [-0.1, -0.05) is 0 Å². The van der Waals surface area contributed by atoms with Gasteiger partial charge in [0.05, 0.1) is 13.2 Å². The third-order valence-corrected chi connectivity index (χ3v) is 1.23. The van der Waals surface area contributed by atoms with Gasteiger partial charge in [0.2, 0.25) is 0 Å². The Hall–Kier alpha value is -0.680. The molecule has 1 heterocycles. The molecule has 0 spiro atoms. The molecule has 5 heteroatoms. The van der Waals surface area contributed by atoms with Gasteiger partial charge >= 0.3 is 0 Å². The van der Waals surface area contributed by atoms with Crippen LogP contribution in [0.2, 0.25) is 0 Å². The number of ether oxygens (including phenoxy) is 1. The van der Waals surface area contributed by atoms with Gasteiger partial charge in [0, 0.05) is 13.1 Å². The van der Waals surface area contributed by atoms with E-state index in [1.165, 1.54) is 5.34 Å². The first-order valence-electron chi connectivity index (χ1n) is 3.04. The van der Waals surface area contributed by atoms with Crippen LogP contribution in [0.1, 0.15) is 0 Å². The average molecular weight is 148 g/mol. The van der Waals surface area contributed by atoms with E-state index in [1.807, 2.05) is 0 Å². The lowest BCUT2D eigenvalue weighted by atomic mass is 10.5. The molecule has 0 aromatic rings. The Balaban J connectivity index is 0.000000236. The maximum Gasteiger partial charge on any atom is 0.152 e. The molecule has 0 bridgehead atoms. The van der Waals surface area contributed by atoms with E-state index in [4.69, 9.17) is 14.9 Å². The summed E-state index contributed by atoms with van der Waals surface area (Å²) >= 11 is 0. The van der Waals surface area contributed by atoms with Gasteiger partial charge in [0.15, 0.2) is 5.34 Å².